The highest BCUT2D eigenvalue weighted by Crippen LogP contribution is 2.18. The van der Waals surface area contributed by atoms with E-state index in [0.29, 0.717) is 0 Å². The number of aliphatic hydroxyl groups excluding tert-OH is 1. The Morgan fingerprint density at radius 2 is 1.92 bits per heavy atom. The third-order valence-electron chi connectivity index (χ3n) is 2.30. The Kier molecular flexibility index (Phi) is 2.88. The molecule has 1 atom stereocenters. The fourth-order valence-electron chi connectivity index (χ4n) is 1.21. The molecule has 0 unspecified atom stereocenters. The van der Waals surface area contributed by atoms with Gasteiger partial charge in [0.2, 0.25) is 0 Å². The van der Waals surface area contributed by atoms with Crippen LogP contribution in [0, 0.1) is 13.8 Å². The van der Waals surface area contributed by atoms with Gasteiger partial charge in [-0.15, -0.1) is 0 Å². The summed E-state index contributed by atoms with van der Waals surface area (Å²) in [6, 6.07) is 6.11. The molecule has 0 radical (unpaired) electrons. The zero-order chi connectivity index (χ0) is 9.14. The largest absolute Gasteiger partial charge is 0.388 e. The molecule has 0 bridgehead atoms. The van der Waals surface area contributed by atoms with Crippen LogP contribution in [0.15, 0.2) is 18.2 Å². The van der Waals surface area contributed by atoms with Gasteiger partial charge in [0, 0.05) is 0 Å². The van der Waals surface area contributed by atoms with Crippen LogP contribution >= 0.6 is 0 Å². The molecular weight excluding hydrogens is 148 g/mol. The van der Waals surface area contributed by atoms with E-state index in [2.05, 4.69) is 26.0 Å². The Morgan fingerprint density at radius 1 is 1.25 bits per heavy atom. The average molecular weight is 164 g/mol. The van der Waals surface area contributed by atoms with Gasteiger partial charge in [-0.1, -0.05) is 25.1 Å². The van der Waals surface area contributed by atoms with Gasteiger partial charge in [0.15, 0.2) is 0 Å². The van der Waals surface area contributed by atoms with Crippen LogP contribution in [0.1, 0.15) is 36.1 Å². The summed E-state index contributed by atoms with van der Waals surface area (Å²) in [5, 5.41) is 9.54. The number of aliphatic hydroxyl groups is 1. The maximum Gasteiger partial charge on any atom is 0.0787 e. The van der Waals surface area contributed by atoms with E-state index in [0.717, 1.165) is 12.0 Å². The highest BCUT2D eigenvalue weighted by Gasteiger charge is 2.04. The number of rotatable bonds is 2. The van der Waals surface area contributed by atoms with Gasteiger partial charge in [-0.25, -0.2) is 0 Å². The summed E-state index contributed by atoms with van der Waals surface area (Å²) in [5.74, 6) is 0. The van der Waals surface area contributed by atoms with Crippen LogP contribution in [0.2, 0.25) is 0 Å². The molecule has 0 amide bonds. The Morgan fingerprint density at radius 3 is 2.42 bits per heavy atom. The number of aryl methyl sites for hydroxylation is 2. The molecular formula is C11H16O. The predicted molar refractivity (Wildman–Crippen MR) is 51.2 cm³/mol. The van der Waals surface area contributed by atoms with Gasteiger partial charge in [0.05, 0.1) is 6.10 Å². The van der Waals surface area contributed by atoms with Crippen molar-refractivity contribution in [3.05, 3.63) is 34.9 Å². The highest BCUT2D eigenvalue weighted by atomic mass is 16.3. The molecule has 1 rings (SSSR count). The molecule has 0 aliphatic carbocycles. The molecule has 66 valence electrons. The maximum atomic E-state index is 9.54. The van der Waals surface area contributed by atoms with E-state index in [1.807, 2.05) is 13.0 Å². The molecule has 0 saturated carbocycles. The van der Waals surface area contributed by atoms with Crippen LogP contribution in [-0.4, -0.2) is 5.11 Å². The lowest BCUT2D eigenvalue weighted by molar-refractivity contribution is 0.173. The van der Waals surface area contributed by atoms with E-state index < -0.39 is 0 Å². The van der Waals surface area contributed by atoms with Gasteiger partial charge >= 0.3 is 0 Å². The second-order valence-corrected chi connectivity index (χ2v) is 3.27. The first-order valence-corrected chi connectivity index (χ1v) is 4.40. The molecule has 0 heterocycles. The Hall–Kier alpha value is -0.820. The van der Waals surface area contributed by atoms with Crippen molar-refractivity contribution in [1.82, 2.24) is 0 Å². The van der Waals surface area contributed by atoms with Crippen molar-refractivity contribution in [1.29, 1.82) is 0 Å². The van der Waals surface area contributed by atoms with Crippen LogP contribution < -0.4 is 0 Å². The quantitative estimate of drug-likeness (QED) is 0.712. The van der Waals surface area contributed by atoms with Gasteiger partial charge in [-0.3, -0.25) is 0 Å². The lowest BCUT2D eigenvalue weighted by atomic mass is 10.0. The molecule has 1 N–H and O–H groups in total. The summed E-state index contributed by atoms with van der Waals surface area (Å²) in [6.45, 7) is 6.14. The summed E-state index contributed by atoms with van der Waals surface area (Å²) < 4.78 is 0. The lowest BCUT2D eigenvalue weighted by Gasteiger charge is -2.09. The zero-order valence-electron chi connectivity index (χ0n) is 7.96. The first-order valence-electron chi connectivity index (χ1n) is 4.40. The number of hydrogen-bond acceptors (Lipinski definition) is 1. The first-order chi connectivity index (χ1) is 5.65. The van der Waals surface area contributed by atoms with Gasteiger partial charge in [-0.05, 0) is 37.0 Å². The molecule has 0 aromatic heterocycles. The van der Waals surface area contributed by atoms with E-state index >= 15 is 0 Å². The van der Waals surface area contributed by atoms with Crippen LogP contribution in [0.3, 0.4) is 0 Å². The predicted octanol–water partition coefficient (Wildman–Crippen LogP) is 2.75. The summed E-state index contributed by atoms with van der Waals surface area (Å²) in [4.78, 5) is 0. The van der Waals surface area contributed by atoms with Gasteiger partial charge in [0.1, 0.15) is 0 Å². The minimum Gasteiger partial charge on any atom is -0.388 e. The third kappa shape index (κ3) is 1.86. The van der Waals surface area contributed by atoms with Crippen LogP contribution in [0.25, 0.3) is 0 Å². The van der Waals surface area contributed by atoms with E-state index in [9.17, 15) is 5.11 Å². The minimum absolute atomic E-state index is 0.302. The van der Waals surface area contributed by atoms with Crippen LogP contribution in [-0.2, 0) is 0 Å². The molecule has 1 heteroatoms. The lowest BCUT2D eigenvalue weighted by Crippen LogP contribution is -1.95. The Bertz CT molecular complexity index is 266. The molecule has 0 fully saturated rings. The molecule has 1 nitrogen and oxygen atoms in total. The Labute approximate surface area is 74.1 Å². The first kappa shape index (κ1) is 9.27. The van der Waals surface area contributed by atoms with Crippen molar-refractivity contribution in [2.45, 2.75) is 33.3 Å². The van der Waals surface area contributed by atoms with Crippen molar-refractivity contribution in [3.63, 3.8) is 0 Å². The van der Waals surface area contributed by atoms with Gasteiger partial charge < -0.3 is 5.11 Å². The van der Waals surface area contributed by atoms with Crippen molar-refractivity contribution < 1.29 is 5.11 Å². The standard InChI is InChI=1S/C11H16O/c1-4-11(12)10-6-5-8(2)9(3)7-10/h5-7,11-12H,4H2,1-3H3/t11-/m1/s1. The van der Waals surface area contributed by atoms with Crippen molar-refractivity contribution in [2.24, 2.45) is 0 Å². The van der Waals surface area contributed by atoms with Crippen molar-refractivity contribution in [2.75, 3.05) is 0 Å². The molecule has 1 aromatic rings. The molecule has 0 aliphatic rings. The van der Waals surface area contributed by atoms with E-state index in [-0.39, 0.29) is 6.10 Å². The SMILES string of the molecule is CC[C@@H](O)c1ccc(C)c(C)c1. The van der Waals surface area contributed by atoms with E-state index in [4.69, 9.17) is 0 Å². The fourth-order valence-corrected chi connectivity index (χ4v) is 1.21. The third-order valence-corrected chi connectivity index (χ3v) is 2.30. The smallest absolute Gasteiger partial charge is 0.0787 e. The zero-order valence-corrected chi connectivity index (χ0v) is 7.96. The normalized spacial score (nSPS) is 13.0. The van der Waals surface area contributed by atoms with Crippen LogP contribution in [0.4, 0.5) is 0 Å². The number of hydrogen-bond donors (Lipinski definition) is 1. The van der Waals surface area contributed by atoms with Crippen molar-refractivity contribution >= 4 is 0 Å². The summed E-state index contributed by atoms with van der Waals surface area (Å²) in [5.41, 5.74) is 3.56. The molecule has 0 spiro atoms. The summed E-state index contributed by atoms with van der Waals surface area (Å²) in [6.07, 6.45) is 0.479. The molecule has 1 aromatic carbocycles. The molecule has 12 heavy (non-hydrogen) atoms. The topological polar surface area (TPSA) is 20.2 Å². The van der Waals surface area contributed by atoms with Gasteiger partial charge in [-0.2, -0.15) is 0 Å². The summed E-state index contributed by atoms with van der Waals surface area (Å²) in [7, 11) is 0. The second kappa shape index (κ2) is 3.72. The second-order valence-electron chi connectivity index (χ2n) is 3.27. The van der Waals surface area contributed by atoms with E-state index in [1.54, 1.807) is 0 Å². The number of benzene rings is 1. The fraction of sp³-hybridized carbons (Fsp3) is 0.455. The van der Waals surface area contributed by atoms with E-state index in [1.165, 1.54) is 11.1 Å². The Balaban J connectivity index is 2.96. The average Bonchev–Trinajstić information content (AvgIpc) is 2.08. The van der Waals surface area contributed by atoms with Crippen LogP contribution in [0.5, 0.6) is 0 Å². The monoisotopic (exact) mass is 164 g/mol. The summed E-state index contributed by atoms with van der Waals surface area (Å²) >= 11 is 0. The molecule has 0 aliphatic heterocycles. The van der Waals surface area contributed by atoms with Crippen molar-refractivity contribution in [3.8, 4) is 0 Å². The maximum absolute atomic E-state index is 9.54. The molecule has 0 saturated heterocycles. The van der Waals surface area contributed by atoms with Gasteiger partial charge in [0.25, 0.3) is 0 Å². The minimum atomic E-state index is -0.302. The highest BCUT2D eigenvalue weighted by molar-refractivity contribution is 5.30.